The van der Waals surface area contributed by atoms with E-state index in [0.717, 1.165) is 18.5 Å². The number of rotatable bonds is 4. The van der Waals surface area contributed by atoms with Gasteiger partial charge < -0.3 is 9.64 Å². The number of likely N-dealkylation sites (tertiary alicyclic amines) is 1. The number of carbonyl (C=O) groups excluding carboxylic acids is 2. The van der Waals surface area contributed by atoms with Crippen molar-refractivity contribution in [2.45, 2.75) is 12.8 Å². The van der Waals surface area contributed by atoms with Crippen LogP contribution in [0.25, 0.3) is 0 Å². The van der Waals surface area contributed by atoms with Crippen molar-refractivity contribution in [3.8, 4) is 0 Å². The van der Waals surface area contributed by atoms with Gasteiger partial charge in [-0.3, -0.25) is 14.6 Å². The number of hydrogen-bond donors (Lipinski definition) is 0. The Balaban J connectivity index is 1.88. The highest BCUT2D eigenvalue weighted by atomic mass is 16.5. The molecule has 2 heterocycles. The molecule has 19 heavy (non-hydrogen) atoms. The standard InChI is InChI=1S/C14H18N2O3/c1-19-14(18)12-10-16(8-5-13(12)17)7-4-11-3-2-6-15-9-11/h2-3,6,9,12H,4-5,7-8,10H2,1H3. The average molecular weight is 262 g/mol. The largest absolute Gasteiger partial charge is 0.468 e. The Morgan fingerprint density at radius 2 is 2.42 bits per heavy atom. The number of hydrogen-bond acceptors (Lipinski definition) is 5. The molecule has 1 aromatic rings. The highest BCUT2D eigenvalue weighted by molar-refractivity contribution is 5.99. The second-order valence-corrected chi connectivity index (χ2v) is 4.70. The Morgan fingerprint density at radius 1 is 1.58 bits per heavy atom. The molecule has 0 radical (unpaired) electrons. The minimum absolute atomic E-state index is 0.00974. The van der Waals surface area contributed by atoms with Gasteiger partial charge in [-0.15, -0.1) is 0 Å². The maximum Gasteiger partial charge on any atom is 0.317 e. The molecule has 2 rings (SSSR count). The van der Waals surface area contributed by atoms with Crippen molar-refractivity contribution in [2.75, 3.05) is 26.7 Å². The van der Waals surface area contributed by atoms with Crippen LogP contribution in [0.1, 0.15) is 12.0 Å². The molecule has 0 saturated carbocycles. The lowest BCUT2D eigenvalue weighted by atomic mass is 9.96. The van der Waals surface area contributed by atoms with E-state index in [9.17, 15) is 9.59 Å². The summed E-state index contributed by atoms with van der Waals surface area (Å²) in [5.74, 6) is -1.05. The number of carbonyl (C=O) groups is 2. The Kier molecular flexibility index (Phi) is 4.63. The van der Waals surface area contributed by atoms with Gasteiger partial charge in [0, 0.05) is 38.4 Å². The first kappa shape index (κ1) is 13.7. The molecule has 1 unspecified atom stereocenters. The van der Waals surface area contributed by atoms with Crippen molar-refractivity contribution in [1.29, 1.82) is 0 Å². The van der Waals surface area contributed by atoms with Gasteiger partial charge in [0.1, 0.15) is 11.7 Å². The molecular weight excluding hydrogens is 244 g/mol. The van der Waals surface area contributed by atoms with E-state index in [1.54, 1.807) is 6.20 Å². The van der Waals surface area contributed by atoms with Crippen molar-refractivity contribution < 1.29 is 14.3 Å². The van der Waals surface area contributed by atoms with Crippen LogP contribution in [0, 0.1) is 5.92 Å². The van der Waals surface area contributed by atoms with Crippen LogP contribution in [0.15, 0.2) is 24.5 Å². The smallest absolute Gasteiger partial charge is 0.317 e. The zero-order valence-corrected chi connectivity index (χ0v) is 11.0. The summed E-state index contributed by atoms with van der Waals surface area (Å²) >= 11 is 0. The fourth-order valence-electron chi connectivity index (χ4n) is 2.28. The van der Waals surface area contributed by atoms with Gasteiger partial charge in [0.15, 0.2) is 0 Å². The van der Waals surface area contributed by atoms with Crippen molar-refractivity contribution in [3.05, 3.63) is 30.1 Å². The fourth-order valence-corrected chi connectivity index (χ4v) is 2.28. The molecule has 102 valence electrons. The van der Waals surface area contributed by atoms with Crippen LogP contribution in [-0.2, 0) is 20.7 Å². The average Bonchev–Trinajstić information content (AvgIpc) is 2.46. The van der Waals surface area contributed by atoms with Crippen LogP contribution < -0.4 is 0 Å². The number of methoxy groups -OCH3 is 1. The molecule has 0 bridgehead atoms. The van der Waals surface area contributed by atoms with Gasteiger partial charge in [-0.05, 0) is 18.1 Å². The Labute approximate surface area is 112 Å². The molecule has 1 saturated heterocycles. The Hall–Kier alpha value is -1.75. The summed E-state index contributed by atoms with van der Waals surface area (Å²) in [5.41, 5.74) is 1.16. The Bertz CT molecular complexity index is 439. The molecule has 0 N–H and O–H groups in total. The predicted octanol–water partition coefficient (Wildman–Crippen LogP) is 0.688. The summed E-state index contributed by atoms with van der Waals surface area (Å²) in [6.45, 7) is 2.00. The number of pyridine rings is 1. The maximum atomic E-state index is 11.7. The number of ether oxygens (including phenoxy) is 1. The normalized spacial score (nSPS) is 20.3. The first-order chi connectivity index (χ1) is 9.20. The summed E-state index contributed by atoms with van der Waals surface area (Å²) in [6.07, 6.45) is 4.88. The number of ketones is 1. The molecule has 1 aliphatic rings. The van der Waals surface area contributed by atoms with Crippen LogP contribution in [-0.4, -0.2) is 48.4 Å². The topological polar surface area (TPSA) is 59.5 Å². The SMILES string of the molecule is COC(=O)C1CN(CCc2cccnc2)CCC1=O. The fraction of sp³-hybridized carbons (Fsp3) is 0.500. The Morgan fingerprint density at radius 3 is 3.11 bits per heavy atom. The molecule has 1 fully saturated rings. The lowest BCUT2D eigenvalue weighted by Crippen LogP contribution is -2.45. The van der Waals surface area contributed by atoms with Crippen LogP contribution in [0.5, 0.6) is 0 Å². The summed E-state index contributed by atoms with van der Waals surface area (Å²) in [6, 6.07) is 3.94. The van der Waals surface area contributed by atoms with Crippen molar-refractivity contribution >= 4 is 11.8 Å². The molecule has 5 nitrogen and oxygen atoms in total. The zero-order chi connectivity index (χ0) is 13.7. The third kappa shape index (κ3) is 3.61. The van der Waals surface area contributed by atoms with Gasteiger partial charge in [-0.25, -0.2) is 0 Å². The lowest BCUT2D eigenvalue weighted by Gasteiger charge is -2.30. The molecule has 1 aromatic heterocycles. The molecule has 0 amide bonds. The van der Waals surface area contributed by atoms with Gasteiger partial charge in [0.25, 0.3) is 0 Å². The summed E-state index contributed by atoms with van der Waals surface area (Å²) in [4.78, 5) is 29.4. The van der Waals surface area contributed by atoms with E-state index in [0.29, 0.717) is 19.5 Å². The van der Waals surface area contributed by atoms with Gasteiger partial charge >= 0.3 is 5.97 Å². The second-order valence-electron chi connectivity index (χ2n) is 4.70. The number of Topliss-reactive ketones (excluding diaryl/α,β-unsaturated/α-hetero) is 1. The maximum absolute atomic E-state index is 11.7. The van der Waals surface area contributed by atoms with Gasteiger partial charge in [-0.2, -0.15) is 0 Å². The second kappa shape index (κ2) is 6.43. The predicted molar refractivity (Wildman–Crippen MR) is 69.5 cm³/mol. The molecule has 1 atom stereocenters. The van der Waals surface area contributed by atoms with E-state index in [1.165, 1.54) is 7.11 Å². The van der Waals surface area contributed by atoms with Crippen LogP contribution in [0.3, 0.4) is 0 Å². The highest BCUT2D eigenvalue weighted by Crippen LogP contribution is 2.15. The summed E-state index contributed by atoms with van der Waals surface area (Å²) in [7, 11) is 1.32. The molecular formula is C14H18N2O3. The number of piperidine rings is 1. The lowest BCUT2D eigenvalue weighted by molar-refractivity contribution is -0.151. The van der Waals surface area contributed by atoms with E-state index >= 15 is 0 Å². The van der Waals surface area contributed by atoms with E-state index in [4.69, 9.17) is 0 Å². The molecule has 0 aliphatic carbocycles. The summed E-state index contributed by atoms with van der Waals surface area (Å²) < 4.78 is 4.67. The van der Waals surface area contributed by atoms with E-state index < -0.39 is 11.9 Å². The molecule has 1 aliphatic heterocycles. The van der Waals surface area contributed by atoms with Crippen LogP contribution in [0.4, 0.5) is 0 Å². The first-order valence-electron chi connectivity index (χ1n) is 6.42. The highest BCUT2D eigenvalue weighted by Gasteiger charge is 2.33. The van der Waals surface area contributed by atoms with E-state index in [1.807, 2.05) is 18.3 Å². The summed E-state index contributed by atoms with van der Waals surface area (Å²) in [5, 5.41) is 0. The van der Waals surface area contributed by atoms with E-state index in [-0.39, 0.29) is 5.78 Å². The number of nitrogens with zero attached hydrogens (tertiary/aromatic N) is 2. The number of esters is 1. The molecule has 5 heteroatoms. The van der Waals surface area contributed by atoms with Gasteiger partial charge in [0.05, 0.1) is 7.11 Å². The quantitative estimate of drug-likeness (QED) is 0.590. The third-order valence-electron chi connectivity index (χ3n) is 3.43. The van der Waals surface area contributed by atoms with Crippen molar-refractivity contribution in [1.82, 2.24) is 9.88 Å². The number of aromatic nitrogens is 1. The molecule has 0 aromatic carbocycles. The van der Waals surface area contributed by atoms with E-state index in [2.05, 4.69) is 14.6 Å². The first-order valence-corrected chi connectivity index (χ1v) is 6.42. The van der Waals surface area contributed by atoms with Crippen LogP contribution >= 0.6 is 0 Å². The van der Waals surface area contributed by atoms with Crippen LogP contribution in [0.2, 0.25) is 0 Å². The van der Waals surface area contributed by atoms with Gasteiger partial charge in [0.2, 0.25) is 0 Å². The minimum Gasteiger partial charge on any atom is -0.468 e. The van der Waals surface area contributed by atoms with Gasteiger partial charge in [-0.1, -0.05) is 6.07 Å². The van der Waals surface area contributed by atoms with Crippen molar-refractivity contribution in [3.63, 3.8) is 0 Å². The molecule has 0 spiro atoms. The monoisotopic (exact) mass is 262 g/mol. The van der Waals surface area contributed by atoms with Crippen molar-refractivity contribution in [2.24, 2.45) is 5.92 Å². The third-order valence-corrected chi connectivity index (χ3v) is 3.43. The minimum atomic E-state index is -0.618. The zero-order valence-electron chi connectivity index (χ0n) is 11.0.